The third-order valence-corrected chi connectivity index (χ3v) is 12.6. The third kappa shape index (κ3) is 6.42. The maximum Gasteiger partial charge on any atom is 0.269 e. The van der Waals surface area contributed by atoms with Crippen LogP contribution >= 0.6 is 0 Å². The minimum Gasteiger partial charge on any atom is -0.397 e. The SMILES string of the molecule is CS(=O)(=O)C1CCN(Cc2ccc(-c3cc4c(CNC5CCCCC5)c(N)cnc4n3S(=O)(=O)c3ccccc3)cc2)CC1. The predicted octanol–water partition coefficient (Wildman–Crippen LogP) is 4.95. The highest BCUT2D eigenvalue weighted by Crippen LogP contribution is 2.35. The molecule has 2 aliphatic rings. The van der Waals surface area contributed by atoms with Crippen molar-refractivity contribution in [3.05, 3.63) is 78.0 Å². The van der Waals surface area contributed by atoms with Gasteiger partial charge in [-0.25, -0.2) is 25.8 Å². The summed E-state index contributed by atoms with van der Waals surface area (Å²) in [6.07, 6.45) is 10.1. The van der Waals surface area contributed by atoms with Crippen LogP contribution in [0.4, 0.5) is 5.69 Å². The maximum absolute atomic E-state index is 14.2. The monoisotopic (exact) mass is 635 g/mol. The molecule has 11 heteroatoms. The van der Waals surface area contributed by atoms with Gasteiger partial charge in [0.15, 0.2) is 5.65 Å². The second kappa shape index (κ2) is 12.6. The lowest BCUT2D eigenvalue weighted by Crippen LogP contribution is -2.38. The van der Waals surface area contributed by atoms with Crippen molar-refractivity contribution in [2.24, 2.45) is 0 Å². The van der Waals surface area contributed by atoms with Crippen LogP contribution in [0.15, 0.2) is 71.8 Å². The van der Waals surface area contributed by atoms with E-state index in [9.17, 15) is 16.8 Å². The van der Waals surface area contributed by atoms with Crippen molar-refractivity contribution < 1.29 is 16.8 Å². The largest absolute Gasteiger partial charge is 0.397 e. The molecule has 9 nitrogen and oxygen atoms in total. The van der Waals surface area contributed by atoms with Gasteiger partial charge in [-0.1, -0.05) is 61.7 Å². The number of pyridine rings is 1. The molecule has 0 atom stereocenters. The number of nitrogens with zero attached hydrogens (tertiary/aromatic N) is 3. The number of nitrogens with two attached hydrogens (primary N) is 1. The van der Waals surface area contributed by atoms with Crippen molar-refractivity contribution in [1.29, 1.82) is 0 Å². The quantitative estimate of drug-likeness (QED) is 0.265. The molecule has 0 unspecified atom stereocenters. The van der Waals surface area contributed by atoms with Gasteiger partial charge >= 0.3 is 0 Å². The zero-order chi connectivity index (χ0) is 30.9. The summed E-state index contributed by atoms with van der Waals surface area (Å²) in [5.41, 5.74) is 10.6. The van der Waals surface area contributed by atoms with Crippen LogP contribution in [0, 0.1) is 0 Å². The lowest BCUT2D eigenvalue weighted by molar-refractivity contribution is 0.222. The van der Waals surface area contributed by atoms with Crippen LogP contribution in [-0.2, 0) is 33.0 Å². The van der Waals surface area contributed by atoms with E-state index < -0.39 is 19.9 Å². The van der Waals surface area contributed by atoms with Gasteiger partial charge in [0, 0.05) is 36.3 Å². The van der Waals surface area contributed by atoms with Crippen LogP contribution in [0.3, 0.4) is 0 Å². The summed E-state index contributed by atoms with van der Waals surface area (Å²) in [6, 6.07) is 18.7. The molecule has 2 aromatic carbocycles. The molecule has 4 aromatic rings. The van der Waals surface area contributed by atoms with E-state index in [1.807, 2.05) is 30.3 Å². The van der Waals surface area contributed by atoms with Crippen molar-refractivity contribution in [1.82, 2.24) is 19.2 Å². The first-order valence-electron chi connectivity index (χ1n) is 15.4. The van der Waals surface area contributed by atoms with Crippen LogP contribution in [0.1, 0.15) is 56.1 Å². The molecule has 2 fully saturated rings. The molecule has 0 amide bonds. The highest BCUT2D eigenvalue weighted by atomic mass is 32.2. The molecular weight excluding hydrogens is 595 g/mol. The number of hydrogen-bond donors (Lipinski definition) is 2. The summed E-state index contributed by atoms with van der Waals surface area (Å²) in [6.45, 7) is 2.71. The van der Waals surface area contributed by atoms with Gasteiger partial charge in [-0.05, 0) is 68.1 Å². The second-order valence-electron chi connectivity index (χ2n) is 12.3. The topological polar surface area (TPSA) is 127 Å². The number of aromatic nitrogens is 2. The molecule has 0 bridgehead atoms. The molecule has 234 valence electrons. The molecule has 1 aliphatic carbocycles. The first-order valence-corrected chi connectivity index (χ1v) is 18.8. The fourth-order valence-corrected chi connectivity index (χ4v) is 9.19. The van der Waals surface area contributed by atoms with Crippen LogP contribution in [0.5, 0.6) is 0 Å². The maximum atomic E-state index is 14.2. The molecule has 0 radical (unpaired) electrons. The molecule has 1 aliphatic heterocycles. The highest BCUT2D eigenvalue weighted by Gasteiger charge is 2.28. The zero-order valence-electron chi connectivity index (χ0n) is 25.2. The zero-order valence-corrected chi connectivity index (χ0v) is 26.8. The summed E-state index contributed by atoms with van der Waals surface area (Å²) in [4.78, 5) is 7.03. The molecule has 3 N–H and O–H groups in total. The van der Waals surface area contributed by atoms with Crippen LogP contribution in [-0.4, -0.2) is 61.3 Å². The van der Waals surface area contributed by atoms with Crippen molar-refractivity contribution >= 4 is 36.6 Å². The van der Waals surface area contributed by atoms with Gasteiger partial charge in [0.1, 0.15) is 9.84 Å². The van der Waals surface area contributed by atoms with Gasteiger partial charge in [-0.3, -0.25) is 4.90 Å². The van der Waals surface area contributed by atoms with Crippen molar-refractivity contribution in [3.8, 4) is 11.3 Å². The second-order valence-corrected chi connectivity index (χ2v) is 16.4. The number of likely N-dealkylation sites (tertiary alicyclic amines) is 1. The van der Waals surface area contributed by atoms with Crippen molar-refractivity contribution in [2.75, 3.05) is 25.1 Å². The minimum absolute atomic E-state index is 0.188. The smallest absolute Gasteiger partial charge is 0.269 e. The minimum atomic E-state index is -3.98. The van der Waals surface area contributed by atoms with Gasteiger partial charge in [0.25, 0.3) is 10.0 Å². The Kier molecular flexibility index (Phi) is 8.83. The standard InChI is InChI=1S/C33H41N5O4S2/c1-43(39,40)27-16-18-37(19-17-27)23-24-12-14-25(15-13-24)32-20-29-30(21-35-26-8-4-2-5-9-26)31(34)22-36-33(29)38(32)44(41,42)28-10-6-3-7-11-28/h3,6-7,10-15,20,22,26-27,35H,2,4-5,8-9,16-19,21,23,34H2,1H3. The fourth-order valence-electron chi connectivity index (χ4n) is 6.62. The Morgan fingerprint density at radius 1 is 0.909 bits per heavy atom. The molecule has 2 aromatic heterocycles. The number of nitrogen functional groups attached to an aromatic ring is 1. The highest BCUT2D eigenvalue weighted by molar-refractivity contribution is 7.91. The molecule has 1 saturated heterocycles. The molecule has 0 spiro atoms. The Morgan fingerprint density at radius 2 is 1.59 bits per heavy atom. The lowest BCUT2D eigenvalue weighted by atomic mass is 9.95. The first kappa shape index (κ1) is 30.8. The Bertz CT molecular complexity index is 1820. The molecule has 1 saturated carbocycles. The number of piperidine rings is 1. The van der Waals surface area contributed by atoms with Gasteiger partial charge < -0.3 is 11.1 Å². The van der Waals surface area contributed by atoms with E-state index in [1.165, 1.54) is 29.5 Å². The summed E-state index contributed by atoms with van der Waals surface area (Å²) in [5.74, 6) is 0. The number of sulfone groups is 1. The predicted molar refractivity (Wildman–Crippen MR) is 175 cm³/mol. The van der Waals surface area contributed by atoms with E-state index in [4.69, 9.17) is 5.73 Å². The van der Waals surface area contributed by atoms with E-state index in [1.54, 1.807) is 36.5 Å². The average molecular weight is 636 g/mol. The Balaban J connectivity index is 1.35. The summed E-state index contributed by atoms with van der Waals surface area (Å²) < 4.78 is 53.6. The van der Waals surface area contributed by atoms with Gasteiger partial charge in [0.2, 0.25) is 0 Å². The van der Waals surface area contributed by atoms with Crippen molar-refractivity contribution in [2.45, 2.75) is 74.2 Å². The van der Waals surface area contributed by atoms with Crippen LogP contribution in [0.2, 0.25) is 0 Å². The normalized spacial score (nSPS) is 17.8. The van der Waals surface area contributed by atoms with E-state index >= 15 is 0 Å². The van der Waals surface area contributed by atoms with E-state index in [-0.39, 0.29) is 10.1 Å². The van der Waals surface area contributed by atoms with Gasteiger partial charge in [-0.2, -0.15) is 0 Å². The van der Waals surface area contributed by atoms with Crippen LogP contribution < -0.4 is 11.1 Å². The van der Waals surface area contributed by atoms with Crippen molar-refractivity contribution in [3.63, 3.8) is 0 Å². The van der Waals surface area contributed by atoms with Gasteiger partial charge in [0.05, 0.1) is 27.7 Å². The Morgan fingerprint density at radius 3 is 2.25 bits per heavy atom. The number of benzene rings is 2. The van der Waals surface area contributed by atoms with E-state index in [0.717, 1.165) is 48.0 Å². The average Bonchev–Trinajstić information content (AvgIpc) is 3.42. The molecule has 6 rings (SSSR count). The Hall–Kier alpha value is -3.25. The molecular formula is C33H41N5O4S2. The third-order valence-electron chi connectivity index (χ3n) is 9.18. The molecule has 3 heterocycles. The summed E-state index contributed by atoms with van der Waals surface area (Å²) in [5, 5.41) is 4.12. The van der Waals surface area contributed by atoms with Gasteiger partial charge in [-0.15, -0.1) is 0 Å². The fraction of sp³-hybridized carbons (Fsp3) is 0.424. The number of fused-ring (bicyclic) bond motifs is 1. The summed E-state index contributed by atoms with van der Waals surface area (Å²) >= 11 is 0. The molecule has 44 heavy (non-hydrogen) atoms. The number of nitrogens with one attached hydrogen (secondary N) is 1. The number of anilines is 1. The first-order chi connectivity index (χ1) is 21.1. The number of hydrogen-bond acceptors (Lipinski definition) is 8. The van der Waals surface area contributed by atoms with E-state index in [0.29, 0.717) is 49.0 Å². The number of rotatable bonds is 9. The van der Waals surface area contributed by atoms with Crippen LogP contribution in [0.25, 0.3) is 22.3 Å². The Labute approximate surface area is 260 Å². The van der Waals surface area contributed by atoms with E-state index in [2.05, 4.69) is 15.2 Å². The summed E-state index contributed by atoms with van der Waals surface area (Å²) in [7, 11) is -7.00. The lowest BCUT2D eigenvalue weighted by Gasteiger charge is -2.31.